The van der Waals surface area contributed by atoms with Gasteiger partial charge in [0.25, 0.3) is 5.91 Å². The van der Waals surface area contributed by atoms with Crippen LogP contribution in [0.1, 0.15) is 23.2 Å². The molecule has 2 rings (SSSR count). The number of aliphatic carboxylic acids is 1. The molecule has 1 N–H and O–H groups in total. The Bertz CT molecular complexity index is 728. The molecule has 1 saturated heterocycles. The first-order valence-corrected chi connectivity index (χ1v) is 9.42. The number of nitrogens with zero attached hydrogens (tertiary/aromatic N) is 2. The Balaban J connectivity index is 2.22. The molecule has 1 aliphatic rings. The van der Waals surface area contributed by atoms with Crippen molar-refractivity contribution in [2.24, 2.45) is 0 Å². The molecule has 0 spiro atoms. The van der Waals surface area contributed by atoms with E-state index in [0.717, 1.165) is 0 Å². The Kier molecular flexibility index (Phi) is 6.51. The molecule has 0 atom stereocenters. The van der Waals surface area contributed by atoms with Crippen molar-refractivity contribution in [1.29, 1.82) is 0 Å². The number of carbonyl (C=O) groups excluding carboxylic acids is 1. The average Bonchev–Trinajstić information content (AvgIpc) is 2.61. The van der Waals surface area contributed by atoms with E-state index in [9.17, 15) is 18.0 Å². The van der Waals surface area contributed by atoms with Gasteiger partial charge in [-0.25, -0.2) is 8.42 Å². The first-order chi connectivity index (χ1) is 11.8. The molecule has 9 heteroatoms. The summed E-state index contributed by atoms with van der Waals surface area (Å²) < 4.78 is 32.2. The molecule has 1 heterocycles. The Hall–Kier alpha value is -1.97. The van der Waals surface area contributed by atoms with Crippen LogP contribution in [0.4, 0.5) is 0 Å². The third kappa shape index (κ3) is 4.77. The molecule has 0 aliphatic carbocycles. The predicted octanol–water partition coefficient (Wildman–Crippen LogP) is 0.644. The summed E-state index contributed by atoms with van der Waals surface area (Å²) in [5.41, 5.74) is 0.0896. The number of rotatable bonds is 7. The van der Waals surface area contributed by atoms with Crippen molar-refractivity contribution in [3.05, 3.63) is 29.8 Å². The number of benzene rings is 1. The van der Waals surface area contributed by atoms with E-state index in [2.05, 4.69) is 0 Å². The normalized spacial score (nSPS) is 15.7. The van der Waals surface area contributed by atoms with Gasteiger partial charge in [-0.2, -0.15) is 4.31 Å². The summed E-state index contributed by atoms with van der Waals surface area (Å²) >= 11 is 0. The number of amides is 1. The lowest BCUT2D eigenvalue weighted by molar-refractivity contribution is -0.137. The maximum absolute atomic E-state index is 12.9. The summed E-state index contributed by atoms with van der Waals surface area (Å²) in [5, 5.41) is 8.68. The first-order valence-electron chi connectivity index (χ1n) is 7.98. The highest BCUT2D eigenvalue weighted by molar-refractivity contribution is 7.89. The fourth-order valence-corrected chi connectivity index (χ4v) is 4.16. The molecule has 0 radical (unpaired) electrons. The van der Waals surface area contributed by atoms with Gasteiger partial charge in [-0.1, -0.05) is 12.1 Å². The largest absolute Gasteiger partial charge is 0.481 e. The van der Waals surface area contributed by atoms with E-state index in [0.29, 0.717) is 19.6 Å². The minimum atomic E-state index is -3.79. The van der Waals surface area contributed by atoms with E-state index in [1.165, 1.54) is 28.4 Å². The molecule has 1 aromatic rings. The predicted molar refractivity (Wildman–Crippen MR) is 89.9 cm³/mol. The van der Waals surface area contributed by atoms with Crippen LogP contribution in [-0.4, -0.2) is 74.5 Å². The van der Waals surface area contributed by atoms with Gasteiger partial charge in [0.2, 0.25) is 10.0 Å². The fraction of sp³-hybridized carbons (Fsp3) is 0.500. The molecule has 0 bridgehead atoms. The van der Waals surface area contributed by atoms with Crippen LogP contribution >= 0.6 is 0 Å². The van der Waals surface area contributed by atoms with Gasteiger partial charge in [0.1, 0.15) is 0 Å². The molecule has 0 unspecified atom stereocenters. The second kappa shape index (κ2) is 8.41. The van der Waals surface area contributed by atoms with Crippen molar-refractivity contribution in [3.8, 4) is 0 Å². The quantitative estimate of drug-likeness (QED) is 0.755. The molecule has 1 aromatic carbocycles. The molecular formula is C16H22N2O6S. The van der Waals surface area contributed by atoms with Crippen LogP contribution in [0, 0.1) is 0 Å². The zero-order chi connectivity index (χ0) is 18.4. The highest BCUT2D eigenvalue weighted by Crippen LogP contribution is 2.22. The second-order valence-electron chi connectivity index (χ2n) is 5.74. The van der Waals surface area contributed by atoms with Crippen molar-refractivity contribution < 1.29 is 27.9 Å². The van der Waals surface area contributed by atoms with Crippen LogP contribution < -0.4 is 0 Å². The number of hydrogen-bond acceptors (Lipinski definition) is 5. The highest BCUT2D eigenvalue weighted by atomic mass is 32.2. The van der Waals surface area contributed by atoms with Crippen LogP contribution in [-0.2, 0) is 19.6 Å². The number of carboxylic acids is 1. The average molecular weight is 370 g/mol. The standard InChI is InChI=1S/C16H22N2O6S/c1-17(8-4-7-15(19)20)16(21)13-5-2-3-6-14(13)25(22,23)18-9-11-24-12-10-18/h2-3,5-6H,4,7-12H2,1H3,(H,19,20). The number of morpholine rings is 1. The number of carbonyl (C=O) groups is 2. The molecule has 8 nitrogen and oxygen atoms in total. The summed E-state index contributed by atoms with van der Waals surface area (Å²) in [4.78, 5) is 24.5. The summed E-state index contributed by atoms with van der Waals surface area (Å²) in [6.07, 6.45) is 0.251. The van der Waals surface area contributed by atoms with Crippen LogP contribution in [0.3, 0.4) is 0 Å². The van der Waals surface area contributed by atoms with E-state index < -0.39 is 21.9 Å². The minimum Gasteiger partial charge on any atom is -0.481 e. The zero-order valence-electron chi connectivity index (χ0n) is 14.1. The van der Waals surface area contributed by atoms with Crippen molar-refractivity contribution in [2.45, 2.75) is 17.7 Å². The number of sulfonamides is 1. The third-order valence-electron chi connectivity index (χ3n) is 3.94. The lowest BCUT2D eigenvalue weighted by atomic mass is 10.2. The smallest absolute Gasteiger partial charge is 0.303 e. The van der Waals surface area contributed by atoms with Gasteiger partial charge in [-0.15, -0.1) is 0 Å². The van der Waals surface area contributed by atoms with E-state index in [-0.39, 0.29) is 36.5 Å². The summed E-state index contributed by atoms with van der Waals surface area (Å²) in [6.45, 7) is 1.38. The van der Waals surface area contributed by atoms with E-state index in [1.807, 2.05) is 0 Å². The fourth-order valence-electron chi connectivity index (χ4n) is 2.57. The van der Waals surface area contributed by atoms with E-state index >= 15 is 0 Å². The Morgan fingerprint density at radius 3 is 2.52 bits per heavy atom. The van der Waals surface area contributed by atoms with Crippen molar-refractivity contribution >= 4 is 21.9 Å². The van der Waals surface area contributed by atoms with Gasteiger partial charge in [0.15, 0.2) is 0 Å². The summed E-state index contributed by atoms with van der Waals surface area (Å²) in [5.74, 6) is -1.38. The van der Waals surface area contributed by atoms with Gasteiger partial charge in [-0.05, 0) is 18.6 Å². The van der Waals surface area contributed by atoms with Crippen LogP contribution in [0.15, 0.2) is 29.2 Å². The van der Waals surface area contributed by atoms with E-state index in [1.54, 1.807) is 12.1 Å². The number of ether oxygens (including phenoxy) is 1. The topological polar surface area (TPSA) is 104 Å². The van der Waals surface area contributed by atoms with Gasteiger partial charge in [-0.3, -0.25) is 9.59 Å². The SMILES string of the molecule is CN(CCCC(=O)O)C(=O)c1ccccc1S(=O)(=O)N1CCOCC1. The van der Waals surface area contributed by atoms with E-state index in [4.69, 9.17) is 9.84 Å². The first kappa shape index (κ1) is 19.4. The lowest BCUT2D eigenvalue weighted by Crippen LogP contribution is -2.41. The number of carboxylic acid groups (broad SMARTS) is 1. The Morgan fingerprint density at radius 1 is 1.24 bits per heavy atom. The molecule has 138 valence electrons. The maximum atomic E-state index is 12.9. The third-order valence-corrected chi connectivity index (χ3v) is 5.89. The number of hydrogen-bond donors (Lipinski definition) is 1. The summed E-state index contributed by atoms with van der Waals surface area (Å²) in [6, 6.07) is 6.08. The maximum Gasteiger partial charge on any atom is 0.303 e. The molecule has 1 aliphatic heterocycles. The molecule has 1 amide bonds. The molecule has 0 aromatic heterocycles. The molecule has 0 saturated carbocycles. The monoisotopic (exact) mass is 370 g/mol. The molecular weight excluding hydrogens is 348 g/mol. The zero-order valence-corrected chi connectivity index (χ0v) is 14.9. The van der Waals surface area contributed by atoms with Gasteiger partial charge >= 0.3 is 5.97 Å². The van der Waals surface area contributed by atoms with Crippen molar-refractivity contribution in [2.75, 3.05) is 39.9 Å². The molecule has 25 heavy (non-hydrogen) atoms. The lowest BCUT2D eigenvalue weighted by Gasteiger charge is -2.27. The molecule has 1 fully saturated rings. The summed E-state index contributed by atoms with van der Waals surface area (Å²) in [7, 11) is -2.26. The van der Waals surface area contributed by atoms with Crippen molar-refractivity contribution in [3.63, 3.8) is 0 Å². The highest BCUT2D eigenvalue weighted by Gasteiger charge is 2.30. The van der Waals surface area contributed by atoms with Crippen LogP contribution in [0.5, 0.6) is 0 Å². The minimum absolute atomic E-state index is 0.0352. The second-order valence-corrected chi connectivity index (χ2v) is 7.64. The van der Waals surface area contributed by atoms with Crippen LogP contribution in [0.2, 0.25) is 0 Å². The Morgan fingerprint density at radius 2 is 1.88 bits per heavy atom. The van der Waals surface area contributed by atoms with Gasteiger partial charge < -0.3 is 14.7 Å². The van der Waals surface area contributed by atoms with Crippen LogP contribution in [0.25, 0.3) is 0 Å². The Labute approximate surface area is 147 Å². The van der Waals surface area contributed by atoms with Gasteiger partial charge in [0.05, 0.1) is 23.7 Å². The van der Waals surface area contributed by atoms with Gasteiger partial charge in [0, 0.05) is 33.1 Å². The van der Waals surface area contributed by atoms with Crippen molar-refractivity contribution in [1.82, 2.24) is 9.21 Å².